The van der Waals surface area contributed by atoms with Gasteiger partial charge < -0.3 is 40.6 Å². The summed E-state index contributed by atoms with van der Waals surface area (Å²) in [4.78, 5) is 32.6. The van der Waals surface area contributed by atoms with E-state index in [9.17, 15) is 14.4 Å². The van der Waals surface area contributed by atoms with Gasteiger partial charge in [0.15, 0.2) is 5.78 Å². The van der Waals surface area contributed by atoms with Crippen LogP contribution in [-0.2, 0) is 36.6 Å². The van der Waals surface area contributed by atoms with Crippen LogP contribution in [0.15, 0.2) is 48.5 Å². The highest BCUT2D eigenvalue weighted by molar-refractivity contribution is 5.84. The Balaban J connectivity index is 0.000000262. The molecule has 238 valence electrons. The van der Waals surface area contributed by atoms with Gasteiger partial charge in [-0.05, 0) is 89.8 Å². The van der Waals surface area contributed by atoms with Gasteiger partial charge in [-0.15, -0.1) is 0 Å². The number of hydrogen-bond donors (Lipinski definition) is 4. The quantitative estimate of drug-likeness (QED) is 0.322. The van der Waals surface area contributed by atoms with Gasteiger partial charge in [0, 0.05) is 24.5 Å². The van der Waals surface area contributed by atoms with Crippen LogP contribution in [0.25, 0.3) is 0 Å². The van der Waals surface area contributed by atoms with E-state index in [2.05, 4.69) is 45.0 Å². The number of ether oxygens (including phenoxy) is 4. The molecule has 11 nitrogen and oxygen atoms in total. The van der Waals surface area contributed by atoms with E-state index in [1.165, 1.54) is 5.56 Å². The standard InChI is InChI=1S/C16H24N2O3.C13H20N2O2.C3H4O2/c1-16(2,3)21-15(19)17-9-8-12-4-6-13(7-5-12)18-14-10-20-11-14;1-13(2,3)17-12(16)15-9-8-10-4-6-11(14)7-5-10;4-3-1-5-2-3/h4-7,14,18H,8-11H2,1-3H3,(H,17,19);4-7H,8-9,14H2,1-3H3,(H,15,16);1-2H2. The Morgan fingerprint density at radius 3 is 1.51 bits per heavy atom. The van der Waals surface area contributed by atoms with Crippen LogP contribution in [-0.4, -0.2) is 74.7 Å². The number of carbonyl (C=O) groups is 3. The monoisotopic (exact) mass is 600 g/mol. The fraction of sp³-hybridized carbons (Fsp3) is 0.531. The molecule has 0 saturated carbocycles. The molecule has 0 unspecified atom stereocenters. The second-order valence-electron chi connectivity index (χ2n) is 12.2. The summed E-state index contributed by atoms with van der Waals surface area (Å²) in [6.07, 6.45) is 0.796. The number of rotatable bonds is 8. The molecule has 0 bridgehead atoms. The highest BCUT2D eigenvalue weighted by atomic mass is 16.6. The third-order valence-corrected chi connectivity index (χ3v) is 5.63. The summed E-state index contributed by atoms with van der Waals surface area (Å²) in [5.74, 6) is 0.213. The Hall–Kier alpha value is -3.83. The van der Waals surface area contributed by atoms with Crippen molar-refractivity contribution in [1.82, 2.24) is 10.6 Å². The third kappa shape index (κ3) is 17.0. The van der Waals surface area contributed by atoms with Gasteiger partial charge in [0.2, 0.25) is 0 Å². The van der Waals surface area contributed by atoms with E-state index in [1.54, 1.807) is 0 Å². The number of Topliss-reactive ketones (excluding diaryl/α,β-unsaturated/α-hetero) is 1. The molecule has 2 saturated heterocycles. The first-order chi connectivity index (χ1) is 20.2. The van der Waals surface area contributed by atoms with Crippen LogP contribution in [0.4, 0.5) is 21.0 Å². The lowest BCUT2D eigenvalue weighted by Crippen LogP contribution is -2.40. The summed E-state index contributed by atoms with van der Waals surface area (Å²) in [7, 11) is 0. The van der Waals surface area contributed by atoms with E-state index in [1.807, 2.05) is 65.8 Å². The normalized spacial score (nSPS) is 14.3. The van der Waals surface area contributed by atoms with Gasteiger partial charge >= 0.3 is 12.2 Å². The highest BCUT2D eigenvalue weighted by Gasteiger charge is 2.18. The number of carbonyl (C=O) groups excluding carboxylic acids is 3. The number of anilines is 2. The van der Waals surface area contributed by atoms with Crippen LogP contribution >= 0.6 is 0 Å². The first-order valence-corrected chi connectivity index (χ1v) is 14.5. The van der Waals surface area contributed by atoms with Gasteiger partial charge in [-0.3, -0.25) is 4.79 Å². The fourth-order valence-electron chi connectivity index (χ4n) is 3.44. The average molecular weight is 601 g/mol. The Morgan fingerprint density at radius 1 is 0.767 bits per heavy atom. The molecule has 0 spiro atoms. The van der Waals surface area contributed by atoms with Gasteiger partial charge in [0.05, 0.1) is 19.3 Å². The number of amides is 2. The van der Waals surface area contributed by atoms with E-state index in [0.29, 0.717) is 32.3 Å². The number of nitrogen functional groups attached to an aromatic ring is 1. The molecule has 2 heterocycles. The number of nitrogens with one attached hydrogen (secondary N) is 3. The van der Waals surface area contributed by atoms with Gasteiger partial charge in [0.1, 0.15) is 24.4 Å². The van der Waals surface area contributed by atoms with Crippen LogP contribution < -0.4 is 21.7 Å². The SMILES string of the molecule is CC(C)(C)OC(=O)NCCc1ccc(N)cc1.CC(C)(C)OC(=O)NCCc1ccc(NC2COC2)cc1.O=C1COC1. The van der Waals surface area contributed by atoms with E-state index in [0.717, 1.165) is 43.0 Å². The van der Waals surface area contributed by atoms with E-state index in [4.69, 9.17) is 19.9 Å². The first kappa shape index (κ1) is 35.4. The summed E-state index contributed by atoms with van der Waals surface area (Å²) in [5, 5.41) is 8.86. The van der Waals surface area contributed by atoms with E-state index < -0.39 is 11.2 Å². The van der Waals surface area contributed by atoms with Crippen LogP contribution in [0.5, 0.6) is 0 Å². The molecule has 5 N–H and O–H groups in total. The second-order valence-corrected chi connectivity index (χ2v) is 12.2. The Kier molecular flexibility index (Phi) is 14.3. The second kappa shape index (κ2) is 17.3. The summed E-state index contributed by atoms with van der Waals surface area (Å²) in [5.41, 5.74) is 8.84. The zero-order chi connectivity index (χ0) is 31.9. The molecule has 0 atom stereocenters. The van der Waals surface area contributed by atoms with Crippen molar-refractivity contribution in [2.24, 2.45) is 0 Å². The van der Waals surface area contributed by atoms with Crippen LogP contribution in [0, 0.1) is 0 Å². The Labute approximate surface area is 255 Å². The van der Waals surface area contributed by atoms with Crippen molar-refractivity contribution in [2.45, 2.75) is 71.6 Å². The van der Waals surface area contributed by atoms with Crippen LogP contribution in [0.3, 0.4) is 0 Å². The van der Waals surface area contributed by atoms with Gasteiger partial charge in [-0.1, -0.05) is 24.3 Å². The lowest BCUT2D eigenvalue weighted by molar-refractivity contribution is -0.140. The molecule has 43 heavy (non-hydrogen) atoms. The smallest absolute Gasteiger partial charge is 0.407 e. The summed E-state index contributed by atoms with van der Waals surface area (Å²) in [6.45, 7) is 14.5. The zero-order valence-corrected chi connectivity index (χ0v) is 26.3. The topological polar surface area (TPSA) is 150 Å². The largest absolute Gasteiger partial charge is 0.444 e. The highest BCUT2D eigenvalue weighted by Crippen LogP contribution is 2.14. The van der Waals surface area contributed by atoms with E-state index >= 15 is 0 Å². The van der Waals surface area contributed by atoms with Crippen molar-refractivity contribution in [2.75, 3.05) is 50.6 Å². The molecule has 2 fully saturated rings. The molecular weight excluding hydrogens is 552 g/mol. The molecule has 0 aliphatic carbocycles. The summed E-state index contributed by atoms with van der Waals surface area (Å²) in [6, 6.07) is 16.3. The number of benzene rings is 2. The number of hydrogen-bond acceptors (Lipinski definition) is 9. The fourth-order valence-corrected chi connectivity index (χ4v) is 3.44. The Bertz CT molecular complexity index is 1130. The minimum atomic E-state index is -0.456. The molecule has 4 rings (SSSR count). The van der Waals surface area contributed by atoms with Crippen LogP contribution in [0.1, 0.15) is 52.7 Å². The van der Waals surface area contributed by atoms with Crippen molar-refractivity contribution in [3.05, 3.63) is 59.7 Å². The average Bonchev–Trinajstić information content (AvgIpc) is 2.86. The summed E-state index contributed by atoms with van der Waals surface area (Å²) >= 11 is 0. The van der Waals surface area contributed by atoms with Crippen molar-refractivity contribution in [1.29, 1.82) is 0 Å². The van der Waals surface area contributed by atoms with Gasteiger partial charge in [0.25, 0.3) is 0 Å². The molecule has 0 radical (unpaired) electrons. The lowest BCUT2D eigenvalue weighted by Gasteiger charge is -2.27. The van der Waals surface area contributed by atoms with E-state index in [-0.39, 0.29) is 18.0 Å². The summed E-state index contributed by atoms with van der Waals surface area (Å²) < 4.78 is 19.9. The zero-order valence-electron chi connectivity index (χ0n) is 26.3. The minimum Gasteiger partial charge on any atom is -0.444 e. The minimum absolute atomic E-state index is 0.213. The van der Waals surface area contributed by atoms with Gasteiger partial charge in [-0.25, -0.2) is 9.59 Å². The molecule has 2 aromatic rings. The van der Waals surface area contributed by atoms with Crippen molar-refractivity contribution < 1.29 is 33.3 Å². The molecule has 11 heteroatoms. The molecule has 2 aliphatic heterocycles. The van der Waals surface area contributed by atoms with Crippen molar-refractivity contribution in [3.8, 4) is 0 Å². The maximum atomic E-state index is 11.5. The molecule has 2 amide bonds. The number of alkyl carbamates (subject to hydrolysis) is 2. The Morgan fingerprint density at radius 2 is 1.19 bits per heavy atom. The van der Waals surface area contributed by atoms with Gasteiger partial charge in [-0.2, -0.15) is 0 Å². The van der Waals surface area contributed by atoms with Crippen molar-refractivity contribution in [3.63, 3.8) is 0 Å². The number of ketones is 1. The predicted octanol–water partition coefficient (Wildman–Crippen LogP) is 4.49. The lowest BCUT2D eigenvalue weighted by atomic mass is 10.1. The maximum absolute atomic E-state index is 11.5. The first-order valence-electron chi connectivity index (χ1n) is 14.5. The maximum Gasteiger partial charge on any atom is 0.407 e. The van der Waals surface area contributed by atoms with Crippen LogP contribution in [0.2, 0.25) is 0 Å². The van der Waals surface area contributed by atoms with Crippen molar-refractivity contribution >= 4 is 29.3 Å². The molecule has 0 aromatic heterocycles. The molecule has 2 aromatic carbocycles. The third-order valence-electron chi connectivity index (χ3n) is 5.63. The molecular formula is C32H48N4O7. The molecule has 2 aliphatic rings. The number of nitrogens with two attached hydrogens (primary N) is 1. The predicted molar refractivity (Wildman–Crippen MR) is 167 cm³/mol.